The van der Waals surface area contributed by atoms with Crippen LogP contribution in [0.4, 0.5) is 0 Å². The molecular formula is C15H22N4S. The second-order valence-electron chi connectivity index (χ2n) is 6.60. The first-order valence-corrected chi connectivity index (χ1v) is 8.02. The van der Waals surface area contributed by atoms with Crippen molar-refractivity contribution in [3.63, 3.8) is 0 Å². The van der Waals surface area contributed by atoms with E-state index < -0.39 is 0 Å². The summed E-state index contributed by atoms with van der Waals surface area (Å²) in [5.74, 6) is 0. The Morgan fingerprint density at radius 3 is 2.70 bits per heavy atom. The van der Waals surface area contributed by atoms with Gasteiger partial charge in [-0.1, -0.05) is 20.8 Å². The number of rotatable bonds is 4. The van der Waals surface area contributed by atoms with Crippen LogP contribution in [0.2, 0.25) is 0 Å². The van der Waals surface area contributed by atoms with Gasteiger partial charge in [0.1, 0.15) is 5.01 Å². The van der Waals surface area contributed by atoms with Gasteiger partial charge in [-0.2, -0.15) is 5.10 Å². The van der Waals surface area contributed by atoms with Crippen molar-refractivity contribution in [2.45, 2.75) is 51.1 Å². The fourth-order valence-electron chi connectivity index (χ4n) is 2.46. The highest BCUT2D eigenvalue weighted by Gasteiger charge is 2.32. The van der Waals surface area contributed by atoms with Crippen LogP contribution in [0.3, 0.4) is 0 Å². The van der Waals surface area contributed by atoms with E-state index in [1.165, 1.54) is 18.4 Å². The van der Waals surface area contributed by atoms with Gasteiger partial charge in [-0.05, 0) is 12.8 Å². The van der Waals surface area contributed by atoms with E-state index >= 15 is 0 Å². The minimum atomic E-state index is 0.0390. The first-order chi connectivity index (χ1) is 9.45. The summed E-state index contributed by atoms with van der Waals surface area (Å²) in [6, 6.07) is 0.808. The number of nitrogens with one attached hydrogen (secondary N) is 1. The number of hydrogen-bond donors (Lipinski definition) is 1. The molecule has 0 aliphatic heterocycles. The van der Waals surface area contributed by atoms with Crippen molar-refractivity contribution >= 4 is 11.3 Å². The number of nitrogens with zero attached hydrogens (tertiary/aromatic N) is 3. The van der Waals surface area contributed by atoms with Crippen LogP contribution in [0, 0.1) is 0 Å². The van der Waals surface area contributed by atoms with Crippen molar-refractivity contribution in [2.24, 2.45) is 7.05 Å². The largest absolute Gasteiger partial charge is 0.301 e. The minimum Gasteiger partial charge on any atom is -0.301 e. The van der Waals surface area contributed by atoms with Crippen LogP contribution in [-0.2, 0) is 12.5 Å². The molecular weight excluding hydrogens is 268 g/mol. The first-order valence-electron chi connectivity index (χ1n) is 7.14. The molecule has 0 amide bonds. The van der Waals surface area contributed by atoms with Gasteiger partial charge < -0.3 is 5.32 Å². The van der Waals surface area contributed by atoms with Crippen LogP contribution in [0.1, 0.15) is 55.9 Å². The Bertz CT molecular complexity index is 576. The lowest BCUT2D eigenvalue weighted by Crippen LogP contribution is -2.27. The second-order valence-corrected chi connectivity index (χ2v) is 7.53. The predicted molar refractivity (Wildman–Crippen MR) is 82.0 cm³/mol. The van der Waals surface area contributed by atoms with Gasteiger partial charge >= 0.3 is 0 Å². The van der Waals surface area contributed by atoms with Gasteiger partial charge in [0.15, 0.2) is 0 Å². The van der Waals surface area contributed by atoms with E-state index in [9.17, 15) is 0 Å². The number of aryl methyl sites for hydroxylation is 1. The maximum atomic E-state index is 4.69. The van der Waals surface area contributed by atoms with Gasteiger partial charge in [-0.3, -0.25) is 4.68 Å². The second kappa shape index (κ2) is 4.97. The molecule has 1 atom stereocenters. The zero-order chi connectivity index (χ0) is 14.3. The first kappa shape index (κ1) is 13.8. The molecule has 1 unspecified atom stereocenters. The predicted octanol–water partition coefficient (Wildman–Crippen LogP) is 3.02. The molecule has 5 heteroatoms. The average Bonchev–Trinajstić information content (AvgIpc) is 2.88. The van der Waals surface area contributed by atoms with Gasteiger partial charge in [0.25, 0.3) is 0 Å². The van der Waals surface area contributed by atoms with Crippen LogP contribution in [0.25, 0.3) is 0 Å². The van der Waals surface area contributed by atoms with Crippen LogP contribution in [0.15, 0.2) is 17.8 Å². The fourth-order valence-corrected chi connectivity index (χ4v) is 3.17. The van der Waals surface area contributed by atoms with Crippen LogP contribution in [-0.4, -0.2) is 20.8 Å². The third-order valence-electron chi connectivity index (χ3n) is 3.56. The van der Waals surface area contributed by atoms with Gasteiger partial charge in [-0.15, -0.1) is 11.3 Å². The SMILES string of the molecule is Cn1cc(C(NC2CC2)c2nccs2)c(C(C)(C)C)n1. The zero-order valence-corrected chi connectivity index (χ0v) is 13.4. The van der Waals surface area contributed by atoms with Crippen LogP contribution in [0.5, 0.6) is 0 Å². The monoisotopic (exact) mass is 290 g/mol. The van der Waals surface area contributed by atoms with E-state index in [0.717, 1.165) is 10.7 Å². The van der Waals surface area contributed by atoms with E-state index in [4.69, 9.17) is 5.10 Å². The minimum absolute atomic E-state index is 0.0390. The summed E-state index contributed by atoms with van der Waals surface area (Å²) in [6.07, 6.45) is 6.57. The lowest BCUT2D eigenvalue weighted by molar-refractivity contribution is 0.529. The Morgan fingerprint density at radius 2 is 2.15 bits per heavy atom. The zero-order valence-electron chi connectivity index (χ0n) is 12.6. The Kier molecular flexibility index (Phi) is 3.42. The maximum Gasteiger partial charge on any atom is 0.114 e. The summed E-state index contributed by atoms with van der Waals surface area (Å²) in [4.78, 5) is 4.53. The molecule has 108 valence electrons. The molecule has 2 aromatic rings. The van der Waals surface area contributed by atoms with Crippen molar-refractivity contribution in [1.29, 1.82) is 0 Å². The molecule has 0 radical (unpaired) electrons. The topological polar surface area (TPSA) is 42.7 Å². The highest BCUT2D eigenvalue weighted by Crippen LogP contribution is 2.35. The van der Waals surface area contributed by atoms with Crippen LogP contribution < -0.4 is 5.32 Å². The molecule has 2 aromatic heterocycles. The Morgan fingerprint density at radius 1 is 1.40 bits per heavy atom. The van der Waals surface area contributed by atoms with Gasteiger partial charge in [0.2, 0.25) is 0 Å². The van der Waals surface area contributed by atoms with Crippen molar-refractivity contribution in [3.8, 4) is 0 Å². The molecule has 1 saturated carbocycles. The number of aromatic nitrogens is 3. The molecule has 1 aliphatic carbocycles. The smallest absolute Gasteiger partial charge is 0.114 e. The van der Waals surface area contributed by atoms with Crippen molar-refractivity contribution in [2.75, 3.05) is 0 Å². The van der Waals surface area contributed by atoms with E-state index in [1.807, 2.05) is 23.3 Å². The Labute approximate surface area is 124 Å². The molecule has 1 fully saturated rings. The maximum absolute atomic E-state index is 4.69. The summed E-state index contributed by atoms with van der Waals surface area (Å²) in [5, 5.41) is 11.6. The quantitative estimate of drug-likeness (QED) is 0.941. The summed E-state index contributed by atoms with van der Waals surface area (Å²) >= 11 is 1.71. The molecule has 0 aromatic carbocycles. The molecule has 2 heterocycles. The third-order valence-corrected chi connectivity index (χ3v) is 4.40. The molecule has 1 aliphatic rings. The molecule has 1 N–H and O–H groups in total. The van der Waals surface area contributed by atoms with E-state index in [2.05, 4.69) is 37.3 Å². The number of thiazole rings is 1. The lowest BCUT2D eigenvalue weighted by Gasteiger charge is -2.22. The summed E-state index contributed by atoms with van der Waals surface area (Å²) in [5.41, 5.74) is 2.47. The average molecular weight is 290 g/mol. The number of hydrogen-bond acceptors (Lipinski definition) is 4. The molecule has 4 nitrogen and oxygen atoms in total. The molecule has 0 spiro atoms. The standard InChI is InChI=1S/C15H22N4S/c1-15(2,3)13-11(9-19(4)18-13)12(17-10-5-6-10)14-16-7-8-20-14/h7-10,12,17H,5-6H2,1-4H3. The highest BCUT2D eigenvalue weighted by atomic mass is 32.1. The van der Waals surface area contributed by atoms with E-state index in [1.54, 1.807) is 11.3 Å². The lowest BCUT2D eigenvalue weighted by atomic mass is 9.87. The fraction of sp³-hybridized carbons (Fsp3) is 0.600. The molecule has 0 bridgehead atoms. The van der Waals surface area contributed by atoms with Gasteiger partial charge in [0, 0.05) is 41.8 Å². The van der Waals surface area contributed by atoms with Crippen molar-refractivity contribution in [1.82, 2.24) is 20.1 Å². The van der Waals surface area contributed by atoms with E-state index in [0.29, 0.717) is 6.04 Å². The third kappa shape index (κ3) is 2.79. The van der Waals surface area contributed by atoms with E-state index in [-0.39, 0.29) is 11.5 Å². The van der Waals surface area contributed by atoms with Crippen molar-refractivity contribution < 1.29 is 0 Å². The normalized spacial score (nSPS) is 17.4. The highest BCUT2D eigenvalue weighted by molar-refractivity contribution is 7.09. The van der Waals surface area contributed by atoms with Gasteiger partial charge in [0.05, 0.1) is 11.7 Å². The van der Waals surface area contributed by atoms with Gasteiger partial charge in [-0.25, -0.2) is 4.98 Å². The van der Waals surface area contributed by atoms with Crippen LogP contribution >= 0.6 is 11.3 Å². The molecule has 20 heavy (non-hydrogen) atoms. The molecule has 3 rings (SSSR count). The Hall–Kier alpha value is -1.20. The van der Waals surface area contributed by atoms with Crippen molar-refractivity contribution in [3.05, 3.63) is 34.0 Å². The summed E-state index contributed by atoms with van der Waals surface area (Å²) < 4.78 is 1.92. The summed E-state index contributed by atoms with van der Waals surface area (Å²) in [7, 11) is 1.99. The summed E-state index contributed by atoms with van der Waals surface area (Å²) in [6.45, 7) is 6.65. The Balaban J connectivity index is 2.02. The molecule has 0 saturated heterocycles.